The third-order valence-electron chi connectivity index (χ3n) is 5.51. The number of anilines is 1. The van der Waals surface area contributed by atoms with E-state index >= 15 is 0 Å². The zero-order chi connectivity index (χ0) is 31.0. The topological polar surface area (TPSA) is 151 Å². The number of thiazole rings is 1. The van der Waals surface area contributed by atoms with E-state index < -0.39 is 21.8 Å². The maximum Gasteiger partial charge on any atom is 0.412 e. The molecule has 0 bridgehead atoms. The molecule has 226 valence electrons. The van der Waals surface area contributed by atoms with E-state index in [9.17, 15) is 18.0 Å². The second-order valence-electron chi connectivity index (χ2n) is 9.08. The summed E-state index contributed by atoms with van der Waals surface area (Å²) in [5.74, 6) is 1.24. The monoisotopic (exact) mass is 627 g/mol. The average molecular weight is 628 g/mol. The number of nitrogens with zero attached hydrogens (tertiary/aromatic N) is 1. The van der Waals surface area contributed by atoms with Gasteiger partial charge < -0.3 is 29.0 Å². The average Bonchev–Trinajstić information content (AvgIpc) is 3.39. The fourth-order valence-corrected chi connectivity index (χ4v) is 4.94. The summed E-state index contributed by atoms with van der Waals surface area (Å²) in [5, 5.41) is 5.77. The molecule has 14 heteroatoms. The number of sulfone groups is 1. The van der Waals surface area contributed by atoms with Crippen LogP contribution in [0.2, 0.25) is 0 Å². The first kappa shape index (κ1) is 31.3. The van der Waals surface area contributed by atoms with E-state index in [1.54, 1.807) is 43.5 Å². The fraction of sp³-hybridized carbons (Fsp3) is 0.207. The number of rotatable bonds is 12. The molecular weight excluding hydrogens is 598 g/mol. The molecule has 0 aliphatic rings. The second kappa shape index (κ2) is 14.0. The van der Waals surface area contributed by atoms with Crippen LogP contribution in [-0.4, -0.2) is 58.5 Å². The van der Waals surface area contributed by atoms with Crippen molar-refractivity contribution in [3.63, 3.8) is 0 Å². The Kier molecular flexibility index (Phi) is 10.2. The molecule has 0 unspecified atom stereocenters. The van der Waals surface area contributed by atoms with Crippen LogP contribution in [0.25, 0.3) is 0 Å². The summed E-state index contributed by atoms with van der Waals surface area (Å²) in [6, 6.07) is 17.1. The lowest BCUT2D eigenvalue weighted by atomic mass is 10.2. The van der Waals surface area contributed by atoms with E-state index in [0.717, 1.165) is 17.6 Å². The van der Waals surface area contributed by atoms with Crippen molar-refractivity contribution in [2.75, 3.05) is 32.3 Å². The van der Waals surface area contributed by atoms with Crippen molar-refractivity contribution in [1.82, 2.24) is 10.3 Å². The molecule has 0 saturated carbocycles. The summed E-state index contributed by atoms with van der Waals surface area (Å²) in [6.07, 6.45) is 1.65. The van der Waals surface area contributed by atoms with Gasteiger partial charge in [-0.2, -0.15) is 0 Å². The quantitative estimate of drug-likeness (QED) is 0.206. The number of methoxy groups -OCH3 is 1. The fourth-order valence-electron chi connectivity index (χ4n) is 3.63. The lowest BCUT2D eigenvalue weighted by Crippen LogP contribution is -2.21. The normalized spacial score (nSPS) is 11.7. The molecule has 0 radical (unpaired) electrons. The molecule has 0 aliphatic carbocycles. The number of carbonyl (C=O) groups excluding carboxylic acids is 2. The van der Waals surface area contributed by atoms with Gasteiger partial charge in [0.2, 0.25) is 5.06 Å². The molecule has 2 N–H and O–H groups in total. The lowest BCUT2D eigenvalue weighted by molar-refractivity contribution is 0.0916. The number of nitrogens with one attached hydrogen (secondary N) is 2. The predicted octanol–water partition coefficient (Wildman–Crippen LogP) is 5.52. The summed E-state index contributed by atoms with van der Waals surface area (Å²) in [6.45, 7) is 2.14. The van der Waals surface area contributed by atoms with Gasteiger partial charge in [0.25, 0.3) is 5.91 Å². The van der Waals surface area contributed by atoms with E-state index in [2.05, 4.69) is 15.6 Å². The highest BCUT2D eigenvalue weighted by Crippen LogP contribution is 2.33. The van der Waals surface area contributed by atoms with Gasteiger partial charge in [-0.1, -0.05) is 17.4 Å². The Morgan fingerprint density at radius 2 is 1.63 bits per heavy atom. The second-order valence-corrected chi connectivity index (χ2v) is 12.1. The number of benzene rings is 3. The van der Waals surface area contributed by atoms with E-state index in [1.165, 1.54) is 43.6 Å². The minimum Gasteiger partial charge on any atom is -0.488 e. The number of carbonyl (C=O) groups is 2. The Morgan fingerprint density at radius 1 is 0.930 bits per heavy atom. The zero-order valence-electron chi connectivity index (χ0n) is 23.7. The molecule has 4 aromatic rings. The number of amides is 2. The summed E-state index contributed by atoms with van der Waals surface area (Å²) in [4.78, 5) is 29.1. The van der Waals surface area contributed by atoms with Gasteiger partial charge in [-0.15, -0.1) is 0 Å². The van der Waals surface area contributed by atoms with E-state index in [0.29, 0.717) is 40.4 Å². The summed E-state index contributed by atoms with van der Waals surface area (Å²) < 4.78 is 51.5. The molecule has 2 amide bonds. The Balaban J connectivity index is 1.50. The Labute approximate surface area is 252 Å². The van der Waals surface area contributed by atoms with Crippen LogP contribution in [0, 0.1) is 0 Å². The van der Waals surface area contributed by atoms with Gasteiger partial charge in [-0.3, -0.25) is 10.1 Å². The third-order valence-corrected chi connectivity index (χ3v) is 7.43. The van der Waals surface area contributed by atoms with Crippen molar-refractivity contribution in [3.05, 3.63) is 78.5 Å². The molecule has 0 saturated heterocycles. The van der Waals surface area contributed by atoms with E-state index in [-0.39, 0.29) is 21.7 Å². The predicted molar refractivity (Wildman–Crippen MR) is 160 cm³/mol. The Hall–Kier alpha value is -4.66. The molecule has 0 fully saturated rings. The largest absolute Gasteiger partial charge is 0.488 e. The van der Waals surface area contributed by atoms with Gasteiger partial charge in [0.05, 0.1) is 17.7 Å². The van der Waals surface area contributed by atoms with Crippen molar-refractivity contribution in [3.8, 4) is 33.8 Å². The highest BCUT2D eigenvalue weighted by molar-refractivity contribution is 7.90. The van der Waals surface area contributed by atoms with Gasteiger partial charge in [0, 0.05) is 38.1 Å². The first-order valence-electron chi connectivity index (χ1n) is 12.8. The number of ether oxygens (including phenoxy) is 5. The van der Waals surface area contributed by atoms with Crippen molar-refractivity contribution < 1.29 is 41.7 Å². The minimum absolute atomic E-state index is 0.155. The van der Waals surface area contributed by atoms with Crippen LogP contribution in [0.4, 0.5) is 9.93 Å². The maximum absolute atomic E-state index is 13.2. The van der Waals surface area contributed by atoms with E-state index in [4.69, 9.17) is 23.7 Å². The summed E-state index contributed by atoms with van der Waals surface area (Å²) in [7, 11) is -0.354. The highest BCUT2D eigenvalue weighted by Gasteiger charge is 2.16. The van der Waals surface area contributed by atoms with Crippen molar-refractivity contribution in [2.45, 2.75) is 17.9 Å². The summed E-state index contributed by atoms with van der Waals surface area (Å²) in [5.41, 5.74) is 0.224. The van der Waals surface area contributed by atoms with Crippen LogP contribution in [0.15, 0.2) is 77.8 Å². The van der Waals surface area contributed by atoms with Gasteiger partial charge in [-0.25, -0.2) is 18.2 Å². The molecule has 4 rings (SSSR count). The molecule has 3 aromatic carbocycles. The Bertz CT molecular complexity index is 1690. The molecule has 1 aromatic heterocycles. The molecule has 1 heterocycles. The maximum atomic E-state index is 13.2. The molecule has 0 spiro atoms. The van der Waals surface area contributed by atoms with Crippen LogP contribution in [0.3, 0.4) is 0 Å². The van der Waals surface area contributed by atoms with Gasteiger partial charge in [0.1, 0.15) is 34.9 Å². The zero-order valence-corrected chi connectivity index (χ0v) is 25.3. The molecule has 12 nitrogen and oxygen atoms in total. The highest BCUT2D eigenvalue weighted by atomic mass is 32.2. The van der Waals surface area contributed by atoms with E-state index in [1.807, 2.05) is 6.92 Å². The number of hydrogen-bond acceptors (Lipinski definition) is 11. The molecule has 43 heavy (non-hydrogen) atoms. The Morgan fingerprint density at radius 3 is 2.33 bits per heavy atom. The van der Waals surface area contributed by atoms with Crippen LogP contribution >= 0.6 is 11.3 Å². The van der Waals surface area contributed by atoms with Crippen LogP contribution in [-0.2, 0) is 14.6 Å². The summed E-state index contributed by atoms with van der Waals surface area (Å²) >= 11 is 1.09. The molecule has 1 atom stereocenters. The van der Waals surface area contributed by atoms with Crippen LogP contribution in [0.5, 0.6) is 33.8 Å². The van der Waals surface area contributed by atoms with Crippen LogP contribution in [0.1, 0.15) is 17.3 Å². The standard InChI is InChI=1S/C29H29N3O9S2/c1-18(17-37-3)38-23-12-19(13-24(15-23)39-20-8-10-25(11-9-20)43(4,35)36)27(33)32-28-31-16-26(42-28)40-21-6-5-7-22(14-21)41-29(34)30-2/h5-16,18H,17H2,1-4H3,(H,30,34)(H,31,32,33)/t18-/m0/s1. The molecule has 0 aliphatic heterocycles. The van der Waals surface area contributed by atoms with Crippen molar-refractivity contribution in [2.24, 2.45) is 0 Å². The van der Waals surface area contributed by atoms with Crippen molar-refractivity contribution in [1.29, 1.82) is 0 Å². The SMILES string of the molecule is CNC(=O)Oc1cccc(Oc2cnc(NC(=O)c3cc(Oc4ccc(S(C)(=O)=O)cc4)cc(O[C@@H](C)COC)c3)s2)c1. The van der Waals surface area contributed by atoms with Gasteiger partial charge in [0.15, 0.2) is 15.0 Å². The van der Waals surface area contributed by atoms with Gasteiger partial charge in [-0.05, 0) is 55.5 Å². The minimum atomic E-state index is -3.36. The first-order chi connectivity index (χ1) is 20.5. The number of aromatic nitrogens is 1. The van der Waals surface area contributed by atoms with Gasteiger partial charge >= 0.3 is 6.09 Å². The third kappa shape index (κ3) is 9.16. The first-order valence-corrected chi connectivity index (χ1v) is 15.5. The smallest absolute Gasteiger partial charge is 0.412 e. The van der Waals surface area contributed by atoms with Crippen LogP contribution < -0.4 is 29.6 Å². The number of hydrogen-bond donors (Lipinski definition) is 2. The molecular formula is C29H29N3O9S2. The van der Waals surface area contributed by atoms with Crippen molar-refractivity contribution >= 4 is 38.3 Å². The lowest BCUT2D eigenvalue weighted by Gasteiger charge is -2.16.